The molecule has 0 spiro atoms. The van der Waals surface area contributed by atoms with Gasteiger partial charge in [-0.1, -0.05) is 30.3 Å². The van der Waals surface area contributed by atoms with Gasteiger partial charge in [-0.15, -0.1) is 0 Å². The Labute approximate surface area is 118 Å². The highest BCUT2D eigenvalue weighted by Crippen LogP contribution is 2.25. The van der Waals surface area contributed by atoms with Gasteiger partial charge < -0.3 is 5.32 Å². The van der Waals surface area contributed by atoms with Gasteiger partial charge in [0.25, 0.3) is 0 Å². The van der Waals surface area contributed by atoms with E-state index in [1.807, 2.05) is 41.9 Å². The van der Waals surface area contributed by atoms with E-state index in [-0.39, 0.29) is 0 Å². The van der Waals surface area contributed by atoms with Crippen molar-refractivity contribution >= 4 is 11.5 Å². The van der Waals surface area contributed by atoms with Crippen LogP contribution >= 0.6 is 0 Å². The predicted octanol–water partition coefficient (Wildman–Crippen LogP) is 3.53. The minimum absolute atomic E-state index is 0.351. The number of rotatable bonds is 3. The fourth-order valence-corrected chi connectivity index (χ4v) is 2.30. The summed E-state index contributed by atoms with van der Waals surface area (Å²) in [6.07, 6.45) is 1.88. The second-order valence-electron chi connectivity index (χ2n) is 5.24. The molecule has 0 saturated carbocycles. The van der Waals surface area contributed by atoms with Crippen LogP contribution in [0.15, 0.2) is 42.6 Å². The van der Waals surface area contributed by atoms with Crippen LogP contribution in [0.5, 0.6) is 0 Å². The Morgan fingerprint density at radius 2 is 1.90 bits per heavy atom. The van der Waals surface area contributed by atoms with Crippen LogP contribution in [0.1, 0.15) is 19.5 Å². The van der Waals surface area contributed by atoms with Gasteiger partial charge in [0, 0.05) is 23.4 Å². The summed E-state index contributed by atoms with van der Waals surface area (Å²) < 4.78 is 1.87. The topological polar surface area (TPSA) is 42.2 Å². The highest BCUT2D eigenvalue weighted by molar-refractivity contribution is 5.78. The Morgan fingerprint density at radius 1 is 1.15 bits per heavy atom. The van der Waals surface area contributed by atoms with Crippen LogP contribution in [-0.4, -0.2) is 20.6 Å². The molecule has 0 saturated heterocycles. The van der Waals surface area contributed by atoms with Gasteiger partial charge in [-0.2, -0.15) is 9.61 Å². The van der Waals surface area contributed by atoms with Crippen LogP contribution in [0.4, 0.5) is 5.82 Å². The van der Waals surface area contributed by atoms with Crippen LogP contribution in [0.3, 0.4) is 0 Å². The van der Waals surface area contributed by atoms with E-state index in [2.05, 4.69) is 41.4 Å². The molecule has 3 rings (SSSR count). The molecule has 0 aliphatic rings. The molecule has 102 valence electrons. The number of anilines is 1. The quantitative estimate of drug-likeness (QED) is 0.788. The van der Waals surface area contributed by atoms with Crippen LogP contribution in [0, 0.1) is 6.92 Å². The Hall–Kier alpha value is -2.36. The van der Waals surface area contributed by atoms with Gasteiger partial charge in [-0.3, -0.25) is 0 Å². The average Bonchev–Trinajstić information content (AvgIpc) is 2.82. The molecule has 0 fully saturated rings. The lowest BCUT2D eigenvalue weighted by Crippen LogP contribution is -2.14. The lowest BCUT2D eigenvalue weighted by atomic mass is 10.1. The fourth-order valence-electron chi connectivity index (χ4n) is 2.30. The lowest BCUT2D eigenvalue weighted by molar-refractivity contribution is 0.848. The first kappa shape index (κ1) is 12.7. The molecule has 1 aromatic carbocycles. The zero-order valence-electron chi connectivity index (χ0n) is 12.0. The summed E-state index contributed by atoms with van der Waals surface area (Å²) in [5.41, 5.74) is 4.06. The van der Waals surface area contributed by atoms with Crippen molar-refractivity contribution in [2.24, 2.45) is 0 Å². The first-order chi connectivity index (χ1) is 9.65. The predicted molar refractivity (Wildman–Crippen MR) is 81.9 cm³/mol. The molecule has 0 unspecified atom stereocenters. The van der Waals surface area contributed by atoms with E-state index in [1.54, 1.807) is 0 Å². The summed E-state index contributed by atoms with van der Waals surface area (Å²) in [4.78, 5) is 4.64. The number of nitrogens with one attached hydrogen (secondary N) is 1. The number of hydrogen-bond donors (Lipinski definition) is 1. The number of nitrogens with zero attached hydrogens (tertiary/aromatic N) is 3. The van der Waals surface area contributed by atoms with Gasteiger partial charge in [0.1, 0.15) is 5.82 Å². The monoisotopic (exact) mass is 266 g/mol. The van der Waals surface area contributed by atoms with E-state index in [0.29, 0.717) is 6.04 Å². The molecule has 4 nitrogen and oxygen atoms in total. The van der Waals surface area contributed by atoms with E-state index >= 15 is 0 Å². The maximum Gasteiger partial charge on any atom is 0.165 e. The third-order valence-corrected chi connectivity index (χ3v) is 3.12. The van der Waals surface area contributed by atoms with Crippen molar-refractivity contribution in [2.45, 2.75) is 26.8 Å². The van der Waals surface area contributed by atoms with Crippen LogP contribution in [0.2, 0.25) is 0 Å². The normalized spacial score (nSPS) is 11.2. The Balaban J connectivity index is 2.20. The maximum atomic E-state index is 4.64. The maximum absolute atomic E-state index is 4.64. The summed E-state index contributed by atoms with van der Waals surface area (Å²) in [5, 5.41) is 7.89. The number of aryl methyl sites for hydroxylation is 1. The molecule has 20 heavy (non-hydrogen) atoms. The first-order valence-corrected chi connectivity index (χ1v) is 6.82. The summed E-state index contributed by atoms with van der Waals surface area (Å²) in [5.74, 6) is 0.977. The van der Waals surface area contributed by atoms with Gasteiger partial charge in [0.05, 0.1) is 6.20 Å². The lowest BCUT2D eigenvalue weighted by Gasteiger charge is -2.12. The highest BCUT2D eigenvalue weighted by Gasteiger charge is 2.12. The van der Waals surface area contributed by atoms with Crippen LogP contribution in [-0.2, 0) is 0 Å². The van der Waals surface area contributed by atoms with Gasteiger partial charge in [0.2, 0.25) is 0 Å². The molecule has 3 aromatic rings. The van der Waals surface area contributed by atoms with Crippen molar-refractivity contribution in [1.29, 1.82) is 0 Å². The molecular weight excluding hydrogens is 248 g/mol. The van der Waals surface area contributed by atoms with E-state index in [0.717, 1.165) is 28.3 Å². The zero-order valence-corrected chi connectivity index (χ0v) is 12.0. The summed E-state index contributed by atoms with van der Waals surface area (Å²) in [6.45, 7) is 6.24. The third-order valence-electron chi connectivity index (χ3n) is 3.12. The summed E-state index contributed by atoms with van der Waals surface area (Å²) in [7, 11) is 0. The Bertz CT molecular complexity index is 729. The third kappa shape index (κ3) is 2.25. The molecule has 2 aromatic heterocycles. The van der Waals surface area contributed by atoms with E-state index in [1.165, 1.54) is 0 Å². The number of benzene rings is 1. The Morgan fingerprint density at radius 3 is 2.60 bits per heavy atom. The molecular formula is C16H18N4. The molecule has 0 bridgehead atoms. The molecule has 4 heteroatoms. The number of fused-ring (bicyclic) bond motifs is 1. The minimum Gasteiger partial charge on any atom is -0.368 e. The smallest absolute Gasteiger partial charge is 0.165 e. The second-order valence-corrected chi connectivity index (χ2v) is 5.24. The molecule has 0 aliphatic carbocycles. The summed E-state index contributed by atoms with van der Waals surface area (Å²) >= 11 is 0. The van der Waals surface area contributed by atoms with Crippen molar-refractivity contribution in [2.75, 3.05) is 5.32 Å². The van der Waals surface area contributed by atoms with Gasteiger partial charge in [-0.05, 0) is 26.3 Å². The second kappa shape index (κ2) is 4.96. The average molecular weight is 266 g/mol. The zero-order chi connectivity index (χ0) is 14.1. The number of hydrogen-bond acceptors (Lipinski definition) is 3. The SMILES string of the molecule is Cc1cc(NC(C)C)n2ncc(-c3ccccc3)c2n1. The van der Waals surface area contributed by atoms with E-state index in [4.69, 9.17) is 0 Å². The van der Waals surface area contributed by atoms with Crippen molar-refractivity contribution in [3.63, 3.8) is 0 Å². The van der Waals surface area contributed by atoms with Crippen molar-refractivity contribution in [3.05, 3.63) is 48.3 Å². The summed E-state index contributed by atoms with van der Waals surface area (Å²) in [6, 6.07) is 12.6. The highest BCUT2D eigenvalue weighted by atomic mass is 15.3. The molecule has 0 atom stereocenters. The van der Waals surface area contributed by atoms with Crippen LogP contribution < -0.4 is 5.32 Å². The molecule has 2 heterocycles. The fraction of sp³-hybridized carbons (Fsp3) is 0.250. The van der Waals surface area contributed by atoms with Gasteiger partial charge in [-0.25, -0.2) is 4.98 Å². The standard InChI is InChI=1S/C16H18N4/c1-11(2)18-15-9-12(3)19-16-14(10-17-20(15)16)13-7-5-4-6-8-13/h4-11,18H,1-3H3. The minimum atomic E-state index is 0.351. The van der Waals surface area contributed by atoms with Crippen LogP contribution in [0.25, 0.3) is 16.8 Å². The Kier molecular flexibility index (Phi) is 3.14. The molecule has 1 N–H and O–H groups in total. The molecule has 0 amide bonds. The largest absolute Gasteiger partial charge is 0.368 e. The molecule has 0 aliphatic heterocycles. The van der Waals surface area contributed by atoms with Crippen molar-refractivity contribution in [1.82, 2.24) is 14.6 Å². The van der Waals surface area contributed by atoms with Crippen molar-refractivity contribution in [3.8, 4) is 11.1 Å². The first-order valence-electron chi connectivity index (χ1n) is 6.82. The van der Waals surface area contributed by atoms with E-state index < -0.39 is 0 Å². The van der Waals surface area contributed by atoms with Gasteiger partial charge in [0.15, 0.2) is 5.65 Å². The molecule has 0 radical (unpaired) electrons. The van der Waals surface area contributed by atoms with E-state index in [9.17, 15) is 0 Å². The van der Waals surface area contributed by atoms with Crippen molar-refractivity contribution < 1.29 is 0 Å². The number of aromatic nitrogens is 3. The van der Waals surface area contributed by atoms with Gasteiger partial charge >= 0.3 is 0 Å².